The standard InChI is InChI=1S/C31H38N2O6/c1-6-29(23-7-13-27(14-8-23)38-21-35-4)30(24-9-15-28(16-10-24)39-22-36-5)31(34)32-25-11-17-26(18-12-25)37-20-19-33(2)3/h7-18H,6,19-22H2,1-5H3,(H,32,34)/b30-29-. The highest BCUT2D eigenvalue weighted by atomic mass is 16.7. The van der Waals surface area contributed by atoms with Gasteiger partial charge in [0.15, 0.2) is 13.6 Å². The fourth-order valence-electron chi connectivity index (χ4n) is 3.87. The Kier molecular flexibility index (Phi) is 11.8. The Morgan fingerprint density at radius 2 is 1.21 bits per heavy atom. The summed E-state index contributed by atoms with van der Waals surface area (Å²) in [4.78, 5) is 15.8. The largest absolute Gasteiger partial charge is 0.492 e. The molecule has 3 rings (SSSR count). The summed E-state index contributed by atoms with van der Waals surface area (Å²) >= 11 is 0. The summed E-state index contributed by atoms with van der Waals surface area (Å²) < 4.78 is 26.8. The zero-order valence-corrected chi connectivity index (χ0v) is 23.4. The molecule has 0 spiro atoms. The van der Waals surface area contributed by atoms with E-state index in [-0.39, 0.29) is 19.5 Å². The van der Waals surface area contributed by atoms with Gasteiger partial charge in [-0.05, 0) is 85.7 Å². The lowest BCUT2D eigenvalue weighted by molar-refractivity contribution is -0.111. The Labute approximate surface area is 231 Å². The molecule has 0 aromatic heterocycles. The van der Waals surface area contributed by atoms with E-state index in [1.165, 1.54) is 0 Å². The Bertz CT molecular complexity index is 1190. The third kappa shape index (κ3) is 9.14. The number of benzene rings is 3. The van der Waals surface area contributed by atoms with Crippen LogP contribution in [0.15, 0.2) is 72.8 Å². The van der Waals surface area contributed by atoms with E-state index in [4.69, 9.17) is 23.7 Å². The predicted molar refractivity (Wildman–Crippen MR) is 154 cm³/mol. The zero-order chi connectivity index (χ0) is 28.0. The molecule has 0 atom stereocenters. The van der Waals surface area contributed by atoms with Crippen LogP contribution >= 0.6 is 0 Å². The zero-order valence-electron chi connectivity index (χ0n) is 23.4. The van der Waals surface area contributed by atoms with Crippen molar-refractivity contribution < 1.29 is 28.5 Å². The topological polar surface area (TPSA) is 78.5 Å². The van der Waals surface area contributed by atoms with Gasteiger partial charge >= 0.3 is 0 Å². The Morgan fingerprint density at radius 1 is 0.718 bits per heavy atom. The molecule has 0 bridgehead atoms. The van der Waals surface area contributed by atoms with Gasteiger partial charge in [0.05, 0.1) is 5.57 Å². The third-order valence-electron chi connectivity index (χ3n) is 5.83. The van der Waals surface area contributed by atoms with Crippen molar-refractivity contribution in [1.29, 1.82) is 0 Å². The van der Waals surface area contributed by atoms with Crippen LogP contribution in [0.3, 0.4) is 0 Å². The summed E-state index contributed by atoms with van der Waals surface area (Å²) in [7, 11) is 7.15. The average molecular weight is 535 g/mol. The van der Waals surface area contributed by atoms with Crippen LogP contribution in [-0.2, 0) is 14.3 Å². The summed E-state index contributed by atoms with van der Waals surface area (Å²) in [5, 5.41) is 3.06. The minimum Gasteiger partial charge on any atom is -0.492 e. The van der Waals surface area contributed by atoms with E-state index in [0.29, 0.717) is 35.8 Å². The van der Waals surface area contributed by atoms with Crippen LogP contribution in [0, 0.1) is 0 Å². The number of likely N-dealkylation sites (N-methyl/N-ethyl adjacent to an activating group) is 1. The number of amides is 1. The molecule has 39 heavy (non-hydrogen) atoms. The van der Waals surface area contributed by atoms with Crippen molar-refractivity contribution in [1.82, 2.24) is 4.90 Å². The summed E-state index contributed by atoms with van der Waals surface area (Å²) in [5.74, 6) is 1.89. The Balaban J connectivity index is 1.91. The van der Waals surface area contributed by atoms with Crippen molar-refractivity contribution in [2.45, 2.75) is 13.3 Å². The molecular weight excluding hydrogens is 496 g/mol. The highest BCUT2D eigenvalue weighted by molar-refractivity contribution is 6.31. The minimum absolute atomic E-state index is 0.148. The second kappa shape index (κ2) is 15.5. The van der Waals surface area contributed by atoms with Gasteiger partial charge in [0.25, 0.3) is 5.91 Å². The van der Waals surface area contributed by atoms with Gasteiger partial charge in [0, 0.05) is 26.5 Å². The SMILES string of the molecule is CC/C(=C(/C(=O)Nc1ccc(OCCN(C)C)cc1)c1ccc(OCOC)cc1)c1ccc(OCOC)cc1. The highest BCUT2D eigenvalue weighted by Crippen LogP contribution is 2.32. The number of hydrogen-bond donors (Lipinski definition) is 1. The third-order valence-corrected chi connectivity index (χ3v) is 5.83. The molecule has 1 amide bonds. The number of carbonyl (C=O) groups excluding carboxylic acids is 1. The van der Waals surface area contributed by atoms with E-state index in [0.717, 1.165) is 29.0 Å². The lowest BCUT2D eigenvalue weighted by Gasteiger charge is -2.17. The van der Waals surface area contributed by atoms with Gasteiger partial charge in [0.2, 0.25) is 0 Å². The van der Waals surface area contributed by atoms with Crippen LogP contribution in [0.1, 0.15) is 24.5 Å². The van der Waals surface area contributed by atoms with Crippen LogP contribution in [-0.4, -0.2) is 65.9 Å². The number of hydrogen-bond acceptors (Lipinski definition) is 7. The molecule has 0 fully saturated rings. The van der Waals surface area contributed by atoms with Crippen LogP contribution in [0.25, 0.3) is 11.1 Å². The number of nitrogens with zero attached hydrogens (tertiary/aromatic N) is 1. The molecule has 1 N–H and O–H groups in total. The molecule has 0 aliphatic carbocycles. The quantitative estimate of drug-likeness (QED) is 0.156. The van der Waals surface area contributed by atoms with Gasteiger partial charge in [-0.3, -0.25) is 4.79 Å². The lowest BCUT2D eigenvalue weighted by atomic mass is 9.92. The Morgan fingerprint density at radius 3 is 1.69 bits per heavy atom. The summed E-state index contributed by atoms with van der Waals surface area (Å²) in [5.41, 5.74) is 3.86. The molecule has 8 heteroatoms. The van der Waals surface area contributed by atoms with E-state index in [1.54, 1.807) is 14.2 Å². The van der Waals surface area contributed by atoms with Gasteiger partial charge in [-0.2, -0.15) is 0 Å². The number of allylic oxidation sites excluding steroid dienone is 1. The highest BCUT2D eigenvalue weighted by Gasteiger charge is 2.19. The maximum Gasteiger partial charge on any atom is 0.256 e. The number of anilines is 1. The van der Waals surface area contributed by atoms with Crippen molar-refractivity contribution in [3.05, 3.63) is 83.9 Å². The molecule has 0 radical (unpaired) electrons. The van der Waals surface area contributed by atoms with E-state index in [1.807, 2.05) is 93.8 Å². The summed E-state index contributed by atoms with van der Waals surface area (Å²) in [6, 6.07) is 22.5. The number of ether oxygens (including phenoxy) is 5. The van der Waals surface area contributed by atoms with Crippen LogP contribution in [0.2, 0.25) is 0 Å². The second-order valence-corrected chi connectivity index (χ2v) is 8.99. The van der Waals surface area contributed by atoms with Crippen LogP contribution in [0.4, 0.5) is 5.69 Å². The number of methoxy groups -OCH3 is 2. The first-order valence-electron chi connectivity index (χ1n) is 12.8. The molecule has 3 aromatic carbocycles. The first kappa shape index (κ1) is 29.7. The Hall–Kier alpha value is -3.85. The van der Waals surface area contributed by atoms with Crippen molar-refractivity contribution in [3.8, 4) is 17.2 Å². The van der Waals surface area contributed by atoms with E-state index < -0.39 is 0 Å². The second-order valence-electron chi connectivity index (χ2n) is 8.99. The maximum atomic E-state index is 13.8. The fraction of sp³-hybridized carbons (Fsp3) is 0.323. The molecule has 0 aliphatic heterocycles. The molecule has 0 saturated heterocycles. The molecule has 0 heterocycles. The maximum absolute atomic E-state index is 13.8. The number of carbonyl (C=O) groups is 1. The van der Waals surface area contributed by atoms with Crippen molar-refractivity contribution in [2.24, 2.45) is 0 Å². The van der Waals surface area contributed by atoms with Crippen molar-refractivity contribution in [3.63, 3.8) is 0 Å². The van der Waals surface area contributed by atoms with Crippen molar-refractivity contribution in [2.75, 3.05) is 60.4 Å². The molecule has 3 aromatic rings. The predicted octanol–water partition coefficient (Wildman–Crippen LogP) is 5.55. The summed E-state index contributed by atoms with van der Waals surface area (Å²) in [6.45, 7) is 3.76. The van der Waals surface area contributed by atoms with Crippen molar-refractivity contribution >= 4 is 22.7 Å². The fourth-order valence-corrected chi connectivity index (χ4v) is 3.87. The number of rotatable bonds is 15. The normalized spacial score (nSPS) is 11.6. The summed E-state index contributed by atoms with van der Waals surface area (Å²) in [6.07, 6.45) is 0.640. The monoisotopic (exact) mass is 534 g/mol. The molecule has 0 unspecified atom stereocenters. The van der Waals surface area contributed by atoms with Gasteiger partial charge in [-0.15, -0.1) is 0 Å². The van der Waals surface area contributed by atoms with Gasteiger partial charge in [-0.1, -0.05) is 31.2 Å². The smallest absolute Gasteiger partial charge is 0.256 e. The first-order valence-corrected chi connectivity index (χ1v) is 12.8. The van der Waals surface area contributed by atoms with Gasteiger partial charge in [0.1, 0.15) is 23.9 Å². The molecular formula is C31H38N2O6. The van der Waals surface area contributed by atoms with Crippen LogP contribution in [0.5, 0.6) is 17.2 Å². The number of nitrogens with one attached hydrogen (secondary N) is 1. The lowest BCUT2D eigenvalue weighted by Crippen LogP contribution is -2.19. The van der Waals surface area contributed by atoms with E-state index >= 15 is 0 Å². The minimum atomic E-state index is -0.210. The first-order chi connectivity index (χ1) is 18.9. The van der Waals surface area contributed by atoms with Gasteiger partial charge < -0.3 is 33.9 Å². The van der Waals surface area contributed by atoms with Gasteiger partial charge in [-0.25, -0.2) is 0 Å². The molecule has 0 aliphatic rings. The van der Waals surface area contributed by atoms with E-state index in [2.05, 4.69) is 10.2 Å². The molecule has 0 saturated carbocycles. The van der Waals surface area contributed by atoms with E-state index in [9.17, 15) is 4.79 Å². The molecule has 208 valence electrons. The average Bonchev–Trinajstić information content (AvgIpc) is 2.95. The molecule has 8 nitrogen and oxygen atoms in total. The van der Waals surface area contributed by atoms with Crippen LogP contribution < -0.4 is 19.5 Å².